The Morgan fingerprint density at radius 1 is 1.00 bits per heavy atom. The van der Waals surface area contributed by atoms with E-state index in [2.05, 4.69) is 55.5 Å². The second kappa shape index (κ2) is 11.0. The van der Waals surface area contributed by atoms with Crippen molar-refractivity contribution in [2.45, 2.75) is 57.0 Å². The lowest BCUT2D eigenvalue weighted by Gasteiger charge is -2.48. The molecule has 0 saturated carbocycles. The number of piperidine rings is 1. The van der Waals surface area contributed by atoms with Crippen LogP contribution in [0, 0.1) is 5.92 Å². The monoisotopic (exact) mass is 400 g/mol. The van der Waals surface area contributed by atoms with Crippen molar-refractivity contribution in [2.24, 2.45) is 10.9 Å². The molecule has 3 aliphatic rings. The minimum atomic E-state index is 0.344. The third kappa shape index (κ3) is 5.50. The zero-order valence-electron chi connectivity index (χ0n) is 18.3. The zero-order valence-corrected chi connectivity index (χ0v) is 18.3. The van der Waals surface area contributed by atoms with Crippen LogP contribution in [0.4, 0.5) is 0 Å². The van der Waals surface area contributed by atoms with E-state index in [1.165, 1.54) is 36.8 Å². The number of likely N-dealkylation sites (tertiary alicyclic amines) is 1. The Hall–Kier alpha value is -2.61. The lowest BCUT2D eigenvalue weighted by Crippen LogP contribution is -2.45. The largest absolute Gasteiger partial charge is 0.371 e. The summed E-state index contributed by atoms with van der Waals surface area (Å²) < 4.78 is 0. The van der Waals surface area contributed by atoms with Crippen molar-refractivity contribution in [2.75, 3.05) is 6.54 Å². The van der Waals surface area contributed by atoms with Crippen LogP contribution in [0.5, 0.6) is 0 Å². The second-order valence-corrected chi connectivity index (χ2v) is 8.51. The highest BCUT2D eigenvalue weighted by atomic mass is 15.2. The van der Waals surface area contributed by atoms with Gasteiger partial charge in [0.25, 0.3) is 0 Å². The Labute approximate surface area is 183 Å². The second-order valence-electron chi connectivity index (χ2n) is 8.51. The van der Waals surface area contributed by atoms with Gasteiger partial charge in [-0.1, -0.05) is 80.0 Å². The van der Waals surface area contributed by atoms with E-state index in [4.69, 9.17) is 4.99 Å². The number of nitrogens with zero attached hydrogens (tertiary/aromatic N) is 2. The van der Waals surface area contributed by atoms with Gasteiger partial charge in [0.05, 0.1) is 6.04 Å². The average molecular weight is 401 g/mol. The number of hydrogen-bond donors (Lipinski definition) is 0. The molecule has 0 aromatic rings. The Bertz CT molecular complexity index is 818. The van der Waals surface area contributed by atoms with E-state index >= 15 is 0 Å². The zero-order chi connectivity index (χ0) is 21.3. The van der Waals surface area contributed by atoms with Gasteiger partial charge in [-0.2, -0.15) is 0 Å². The summed E-state index contributed by atoms with van der Waals surface area (Å²) in [7, 11) is 0. The van der Waals surface area contributed by atoms with Crippen LogP contribution >= 0.6 is 0 Å². The maximum Gasteiger partial charge on any atom is 0.0766 e. The minimum absolute atomic E-state index is 0.344. The van der Waals surface area contributed by atoms with Gasteiger partial charge >= 0.3 is 0 Å². The molecule has 2 nitrogen and oxygen atoms in total. The number of hydrogen-bond acceptors (Lipinski definition) is 2. The van der Waals surface area contributed by atoms with Gasteiger partial charge in [-0.15, -0.1) is 0 Å². The molecule has 1 aliphatic carbocycles. The van der Waals surface area contributed by atoms with Gasteiger partial charge in [0, 0.05) is 24.5 Å². The van der Waals surface area contributed by atoms with Crippen LogP contribution < -0.4 is 0 Å². The molecular weight excluding hydrogens is 364 g/mol. The molecule has 1 fully saturated rings. The first-order valence-electron chi connectivity index (χ1n) is 11.3. The van der Waals surface area contributed by atoms with Crippen LogP contribution in [0.1, 0.15) is 44.9 Å². The van der Waals surface area contributed by atoms with Gasteiger partial charge in [-0.05, 0) is 62.5 Å². The van der Waals surface area contributed by atoms with Crippen molar-refractivity contribution in [3.63, 3.8) is 0 Å². The van der Waals surface area contributed by atoms with E-state index in [1.807, 2.05) is 30.5 Å². The van der Waals surface area contributed by atoms with Crippen molar-refractivity contribution in [3.05, 3.63) is 97.3 Å². The average Bonchev–Trinajstić information content (AvgIpc) is 2.78. The van der Waals surface area contributed by atoms with E-state index in [-0.39, 0.29) is 0 Å². The molecule has 0 radical (unpaired) electrons. The van der Waals surface area contributed by atoms with Crippen LogP contribution in [0.15, 0.2) is 102 Å². The fourth-order valence-electron chi connectivity index (χ4n) is 4.93. The molecule has 158 valence electrons. The molecule has 0 aromatic heterocycles. The first kappa shape index (κ1) is 22.1. The summed E-state index contributed by atoms with van der Waals surface area (Å²) in [6, 6.07) is 0.892. The molecule has 0 N–H and O–H groups in total. The summed E-state index contributed by atoms with van der Waals surface area (Å²) in [4.78, 5) is 7.48. The third-order valence-electron chi connectivity index (χ3n) is 6.46. The number of allylic oxidation sites excluding steroid dienone is 9. The smallest absolute Gasteiger partial charge is 0.0766 e. The summed E-state index contributed by atoms with van der Waals surface area (Å²) in [6.45, 7) is 17.0. The third-order valence-corrected chi connectivity index (χ3v) is 6.46. The maximum absolute atomic E-state index is 4.78. The van der Waals surface area contributed by atoms with E-state index in [9.17, 15) is 0 Å². The van der Waals surface area contributed by atoms with Crippen molar-refractivity contribution < 1.29 is 0 Å². The highest BCUT2D eigenvalue weighted by Gasteiger charge is 2.38. The lowest BCUT2D eigenvalue weighted by molar-refractivity contribution is 0.142. The molecule has 0 aromatic carbocycles. The summed E-state index contributed by atoms with van der Waals surface area (Å²) in [6.07, 6.45) is 26.3. The maximum atomic E-state index is 4.78. The lowest BCUT2D eigenvalue weighted by atomic mass is 9.75. The van der Waals surface area contributed by atoms with Crippen LogP contribution in [0.2, 0.25) is 0 Å². The van der Waals surface area contributed by atoms with Crippen molar-refractivity contribution in [3.8, 4) is 0 Å². The predicted octanol–water partition coefficient (Wildman–Crippen LogP) is 6.89. The van der Waals surface area contributed by atoms with E-state index in [1.54, 1.807) is 5.70 Å². The first-order chi connectivity index (χ1) is 14.6. The molecule has 3 unspecified atom stereocenters. The molecule has 2 heterocycles. The molecule has 1 saturated heterocycles. The highest BCUT2D eigenvalue weighted by Crippen LogP contribution is 2.44. The SMILES string of the molecule is C=CC=CC(=C)CCC1CCC2CCC3N=CC=CC3=C2N1CCC(=C)C=CC=C. The van der Waals surface area contributed by atoms with Crippen LogP contribution in [0.25, 0.3) is 0 Å². The topological polar surface area (TPSA) is 15.6 Å². The summed E-state index contributed by atoms with van der Waals surface area (Å²) >= 11 is 0. The Balaban J connectivity index is 1.81. The predicted molar refractivity (Wildman–Crippen MR) is 132 cm³/mol. The van der Waals surface area contributed by atoms with Crippen molar-refractivity contribution in [1.29, 1.82) is 0 Å². The van der Waals surface area contributed by atoms with Crippen molar-refractivity contribution >= 4 is 6.21 Å². The number of fused-ring (bicyclic) bond motifs is 2. The number of rotatable bonds is 10. The van der Waals surface area contributed by atoms with E-state index in [0.717, 1.165) is 31.4 Å². The van der Waals surface area contributed by atoms with Crippen molar-refractivity contribution in [1.82, 2.24) is 4.90 Å². The quantitative estimate of drug-likeness (QED) is 0.364. The highest BCUT2D eigenvalue weighted by molar-refractivity contribution is 5.74. The molecule has 3 rings (SSSR count). The summed E-state index contributed by atoms with van der Waals surface area (Å²) in [5.74, 6) is 0.672. The number of aliphatic imine (C=N–C) groups is 1. The van der Waals surface area contributed by atoms with Gasteiger partial charge in [0.2, 0.25) is 0 Å². The summed E-state index contributed by atoms with van der Waals surface area (Å²) in [5.41, 5.74) is 5.35. The molecular formula is C28H36N2. The van der Waals surface area contributed by atoms with Crippen LogP contribution in [-0.2, 0) is 0 Å². The molecule has 0 spiro atoms. The first-order valence-corrected chi connectivity index (χ1v) is 11.3. The molecule has 30 heavy (non-hydrogen) atoms. The fourth-order valence-corrected chi connectivity index (χ4v) is 4.93. The Morgan fingerprint density at radius 2 is 1.70 bits per heavy atom. The van der Waals surface area contributed by atoms with Crippen LogP contribution in [-0.4, -0.2) is 29.7 Å². The Morgan fingerprint density at radius 3 is 2.43 bits per heavy atom. The van der Waals surface area contributed by atoms with E-state index < -0.39 is 0 Å². The minimum Gasteiger partial charge on any atom is -0.371 e. The standard InChI is InChI=1S/C28H36N2/c1-5-7-10-22(3)13-16-25-17-14-24-15-18-27-26(12-9-20-29-27)28(24)30(25)21-19-23(4)11-8-6-2/h5-12,20,24-25,27H,1-4,13-19,21H2. The van der Waals surface area contributed by atoms with E-state index in [0.29, 0.717) is 18.0 Å². The molecule has 3 atom stereocenters. The molecule has 0 amide bonds. The number of dihydropyridines is 1. The fraction of sp³-hybridized carbons (Fsp3) is 0.393. The molecule has 2 heteroatoms. The van der Waals surface area contributed by atoms with Gasteiger partial charge < -0.3 is 4.90 Å². The van der Waals surface area contributed by atoms with Crippen LogP contribution in [0.3, 0.4) is 0 Å². The van der Waals surface area contributed by atoms with Gasteiger partial charge in [-0.25, -0.2) is 0 Å². The van der Waals surface area contributed by atoms with Gasteiger partial charge in [0.15, 0.2) is 0 Å². The Kier molecular flexibility index (Phi) is 8.07. The normalized spacial score (nSPS) is 25.5. The van der Waals surface area contributed by atoms with Gasteiger partial charge in [0.1, 0.15) is 0 Å². The summed E-state index contributed by atoms with van der Waals surface area (Å²) in [5, 5.41) is 0. The molecule has 2 aliphatic heterocycles. The molecule has 0 bridgehead atoms. The van der Waals surface area contributed by atoms with Gasteiger partial charge in [-0.3, -0.25) is 4.99 Å².